The van der Waals surface area contributed by atoms with Gasteiger partial charge in [-0.25, -0.2) is 0 Å². The normalized spacial score (nSPS) is 10.6. The number of nitrogens with one attached hydrogen (secondary N) is 3. The molecule has 0 radical (unpaired) electrons. The molecule has 3 N–H and O–H groups in total. The average Bonchev–Trinajstić information content (AvgIpc) is 2.47. The molecule has 0 saturated heterocycles. The van der Waals surface area contributed by atoms with E-state index in [1.165, 1.54) is 0 Å². The van der Waals surface area contributed by atoms with Gasteiger partial charge in [-0.05, 0) is 24.3 Å². The molecule has 1 aromatic rings. The van der Waals surface area contributed by atoms with E-state index < -0.39 is 0 Å². The number of rotatable bonds is 5. The lowest BCUT2D eigenvalue weighted by Gasteiger charge is -2.10. The number of carbonyl (C=O) groups excluding carboxylic acids is 1. The fourth-order valence-corrected chi connectivity index (χ4v) is 1.68. The predicted molar refractivity (Wildman–Crippen MR) is 84.7 cm³/mol. The lowest BCUT2D eigenvalue weighted by Crippen LogP contribution is -2.41. The quantitative estimate of drug-likeness (QED) is 0.325. The van der Waals surface area contributed by atoms with Crippen LogP contribution in [0.5, 0.6) is 0 Å². The Morgan fingerprint density at radius 1 is 1.25 bits per heavy atom. The summed E-state index contributed by atoms with van der Waals surface area (Å²) in [7, 11) is 1.66. The summed E-state index contributed by atoms with van der Waals surface area (Å²) < 4.78 is 0.944. The molecule has 0 atom stereocenters. The third kappa shape index (κ3) is 5.76. The Bertz CT molecular complexity index is 505. The maximum Gasteiger partial charge on any atom is 0.251 e. The number of amides is 1. The van der Waals surface area contributed by atoms with Crippen molar-refractivity contribution in [2.75, 3.05) is 26.7 Å². The number of benzene rings is 1. The minimum atomic E-state index is -0.106. The molecule has 0 aliphatic heterocycles. The highest BCUT2D eigenvalue weighted by atomic mass is 79.9. The van der Waals surface area contributed by atoms with Crippen LogP contribution in [-0.4, -0.2) is 38.5 Å². The summed E-state index contributed by atoms with van der Waals surface area (Å²) in [6.45, 7) is 1.46. The van der Waals surface area contributed by atoms with Crippen LogP contribution in [-0.2, 0) is 0 Å². The van der Waals surface area contributed by atoms with Gasteiger partial charge in [0.05, 0.1) is 6.54 Å². The molecule has 0 unspecified atom stereocenters. The molecule has 20 heavy (non-hydrogen) atoms. The van der Waals surface area contributed by atoms with Crippen molar-refractivity contribution in [2.45, 2.75) is 0 Å². The standard InChI is InChI=1S/C14H17BrN4O/c1-3-8-18-14(16-2)19-10-9-17-13(20)11-4-6-12(15)7-5-11/h1,4-7H,8-10H2,2H3,(H,17,20)(H2,16,18,19). The van der Waals surface area contributed by atoms with Gasteiger partial charge < -0.3 is 16.0 Å². The van der Waals surface area contributed by atoms with Crippen molar-refractivity contribution in [3.8, 4) is 12.3 Å². The van der Waals surface area contributed by atoms with Gasteiger partial charge in [-0.2, -0.15) is 0 Å². The zero-order chi connectivity index (χ0) is 14.8. The molecule has 0 aliphatic carbocycles. The van der Waals surface area contributed by atoms with Gasteiger partial charge in [0.1, 0.15) is 0 Å². The van der Waals surface area contributed by atoms with Gasteiger partial charge in [0.25, 0.3) is 5.91 Å². The Morgan fingerprint density at radius 2 is 1.90 bits per heavy atom. The molecule has 1 rings (SSSR count). The average molecular weight is 337 g/mol. The molecular weight excluding hydrogens is 320 g/mol. The van der Waals surface area contributed by atoms with Gasteiger partial charge >= 0.3 is 0 Å². The Morgan fingerprint density at radius 3 is 2.50 bits per heavy atom. The summed E-state index contributed by atoms with van der Waals surface area (Å²) >= 11 is 3.33. The lowest BCUT2D eigenvalue weighted by molar-refractivity contribution is 0.0954. The minimum Gasteiger partial charge on any atom is -0.355 e. The van der Waals surface area contributed by atoms with Gasteiger partial charge in [0.2, 0.25) is 0 Å². The Balaban J connectivity index is 2.29. The van der Waals surface area contributed by atoms with E-state index in [1.807, 2.05) is 12.1 Å². The van der Waals surface area contributed by atoms with Crippen molar-refractivity contribution in [3.05, 3.63) is 34.3 Å². The first kappa shape index (κ1) is 16.1. The molecule has 6 heteroatoms. The third-order valence-electron chi connectivity index (χ3n) is 2.39. The number of guanidine groups is 1. The van der Waals surface area contributed by atoms with Crippen molar-refractivity contribution >= 4 is 27.8 Å². The molecule has 1 aromatic carbocycles. The van der Waals surface area contributed by atoms with Crippen molar-refractivity contribution in [1.29, 1.82) is 0 Å². The number of nitrogens with zero attached hydrogens (tertiary/aromatic N) is 1. The highest BCUT2D eigenvalue weighted by Crippen LogP contribution is 2.10. The second kappa shape index (κ2) is 8.99. The SMILES string of the molecule is C#CCNC(=NC)NCCNC(=O)c1ccc(Br)cc1. The molecular formula is C14H17BrN4O. The van der Waals surface area contributed by atoms with E-state index in [2.05, 4.69) is 42.8 Å². The van der Waals surface area contributed by atoms with Crippen LogP contribution in [0, 0.1) is 12.3 Å². The van der Waals surface area contributed by atoms with Gasteiger partial charge in [-0.15, -0.1) is 6.42 Å². The Labute approximate surface area is 127 Å². The first-order chi connectivity index (χ1) is 9.67. The molecule has 0 aliphatic rings. The summed E-state index contributed by atoms with van der Waals surface area (Å²) in [5, 5.41) is 8.79. The number of carbonyl (C=O) groups is 1. The van der Waals surface area contributed by atoms with Gasteiger partial charge in [0.15, 0.2) is 5.96 Å². The Hall–Kier alpha value is -2.00. The molecule has 1 amide bonds. The minimum absolute atomic E-state index is 0.106. The monoisotopic (exact) mass is 336 g/mol. The zero-order valence-electron chi connectivity index (χ0n) is 11.2. The van der Waals surface area contributed by atoms with E-state index >= 15 is 0 Å². The van der Waals surface area contributed by atoms with Crippen LogP contribution < -0.4 is 16.0 Å². The predicted octanol–water partition coefficient (Wildman–Crippen LogP) is 0.977. The maximum atomic E-state index is 11.8. The first-order valence-corrected chi connectivity index (χ1v) is 6.88. The largest absolute Gasteiger partial charge is 0.355 e. The van der Waals surface area contributed by atoms with E-state index in [-0.39, 0.29) is 5.91 Å². The van der Waals surface area contributed by atoms with Crippen LogP contribution in [0.25, 0.3) is 0 Å². The number of terminal acetylenes is 1. The molecule has 0 aromatic heterocycles. The van der Waals surface area contributed by atoms with Crippen LogP contribution in [0.3, 0.4) is 0 Å². The van der Waals surface area contributed by atoms with Gasteiger partial charge in [-0.3, -0.25) is 9.79 Å². The molecule has 0 saturated carbocycles. The summed E-state index contributed by atoms with van der Waals surface area (Å²) in [6.07, 6.45) is 5.15. The molecule has 0 spiro atoms. The topological polar surface area (TPSA) is 65.5 Å². The lowest BCUT2D eigenvalue weighted by atomic mass is 10.2. The van der Waals surface area contributed by atoms with Crippen molar-refractivity contribution in [1.82, 2.24) is 16.0 Å². The van der Waals surface area contributed by atoms with Gasteiger partial charge in [-0.1, -0.05) is 21.9 Å². The van der Waals surface area contributed by atoms with Crippen LogP contribution in [0.4, 0.5) is 0 Å². The number of hydrogen-bond donors (Lipinski definition) is 3. The van der Waals surface area contributed by atoms with Crippen LogP contribution in [0.1, 0.15) is 10.4 Å². The summed E-state index contributed by atoms with van der Waals surface area (Å²) in [6, 6.07) is 7.19. The first-order valence-electron chi connectivity index (χ1n) is 6.09. The summed E-state index contributed by atoms with van der Waals surface area (Å²) in [5.74, 6) is 2.97. The van der Waals surface area contributed by atoms with Crippen LogP contribution in [0.2, 0.25) is 0 Å². The van der Waals surface area contributed by atoms with Crippen LogP contribution in [0.15, 0.2) is 33.7 Å². The van der Waals surface area contributed by atoms with E-state index in [4.69, 9.17) is 6.42 Å². The second-order valence-corrected chi connectivity index (χ2v) is 4.74. The van der Waals surface area contributed by atoms with E-state index in [1.54, 1.807) is 19.2 Å². The summed E-state index contributed by atoms with van der Waals surface area (Å²) in [5.41, 5.74) is 0.628. The number of hydrogen-bond acceptors (Lipinski definition) is 2. The van der Waals surface area contributed by atoms with Crippen LogP contribution >= 0.6 is 15.9 Å². The fraction of sp³-hybridized carbons (Fsp3) is 0.286. The molecule has 106 valence electrons. The third-order valence-corrected chi connectivity index (χ3v) is 2.92. The maximum absolute atomic E-state index is 11.8. The van der Waals surface area contributed by atoms with Crippen molar-refractivity contribution in [2.24, 2.45) is 4.99 Å². The number of halogens is 1. The second-order valence-electron chi connectivity index (χ2n) is 3.82. The fourth-order valence-electron chi connectivity index (χ4n) is 1.42. The van der Waals surface area contributed by atoms with E-state index in [0.717, 1.165) is 4.47 Å². The molecule has 0 heterocycles. The Kier molecular flexibility index (Phi) is 7.22. The number of aliphatic imine (C=N–C) groups is 1. The van der Waals surface area contributed by atoms with Crippen molar-refractivity contribution < 1.29 is 4.79 Å². The molecule has 5 nitrogen and oxygen atoms in total. The van der Waals surface area contributed by atoms with E-state index in [0.29, 0.717) is 31.2 Å². The summed E-state index contributed by atoms with van der Waals surface area (Å²) in [4.78, 5) is 15.8. The highest BCUT2D eigenvalue weighted by Gasteiger charge is 2.04. The molecule has 0 bridgehead atoms. The zero-order valence-corrected chi connectivity index (χ0v) is 12.8. The van der Waals surface area contributed by atoms with Crippen molar-refractivity contribution in [3.63, 3.8) is 0 Å². The van der Waals surface area contributed by atoms with Gasteiger partial charge in [0, 0.05) is 30.2 Å². The van der Waals surface area contributed by atoms with E-state index in [9.17, 15) is 4.79 Å². The molecule has 0 fully saturated rings. The highest BCUT2D eigenvalue weighted by molar-refractivity contribution is 9.10. The smallest absolute Gasteiger partial charge is 0.251 e.